The maximum Gasteiger partial charge on any atom is 0.256 e. The number of carbonyl (C=O) groups excluding carboxylic acids is 1. The number of hydrogen-bond donors (Lipinski definition) is 1. The van der Waals surface area contributed by atoms with Gasteiger partial charge in [-0.15, -0.1) is 0 Å². The molecule has 0 bridgehead atoms. The van der Waals surface area contributed by atoms with Crippen molar-refractivity contribution in [3.05, 3.63) is 28.8 Å². The Bertz CT molecular complexity index is 490. The van der Waals surface area contributed by atoms with Crippen molar-refractivity contribution < 1.29 is 9.53 Å². The van der Waals surface area contributed by atoms with Crippen molar-refractivity contribution in [3.63, 3.8) is 0 Å². The molecule has 0 heterocycles. The van der Waals surface area contributed by atoms with Gasteiger partial charge in [0.15, 0.2) is 0 Å². The van der Waals surface area contributed by atoms with Crippen LogP contribution < -0.4 is 5.32 Å². The van der Waals surface area contributed by atoms with Crippen LogP contribution in [0.2, 0.25) is 5.02 Å². The average molecular weight is 267 g/mol. The Morgan fingerprint density at radius 1 is 1.61 bits per heavy atom. The fourth-order valence-electron chi connectivity index (χ4n) is 1.34. The molecule has 1 N–H and O–H groups in total. The zero-order valence-electron chi connectivity index (χ0n) is 10.6. The van der Waals surface area contributed by atoms with E-state index in [2.05, 4.69) is 5.32 Å². The van der Waals surface area contributed by atoms with Crippen molar-refractivity contribution >= 4 is 23.2 Å². The minimum absolute atomic E-state index is 0.265. The van der Waals surface area contributed by atoms with Crippen molar-refractivity contribution in [1.82, 2.24) is 0 Å². The number of anilines is 1. The molecule has 0 fully saturated rings. The highest BCUT2D eigenvalue weighted by molar-refractivity contribution is 6.33. The van der Waals surface area contributed by atoms with Gasteiger partial charge in [-0.1, -0.05) is 18.5 Å². The van der Waals surface area contributed by atoms with Crippen LogP contribution in [-0.2, 0) is 9.53 Å². The van der Waals surface area contributed by atoms with Gasteiger partial charge in [-0.2, -0.15) is 5.26 Å². The van der Waals surface area contributed by atoms with Gasteiger partial charge in [0.05, 0.1) is 22.3 Å². The Morgan fingerprint density at radius 3 is 2.72 bits per heavy atom. The number of nitriles is 1. The van der Waals surface area contributed by atoms with E-state index < -0.39 is 5.60 Å². The molecular formula is C13H15ClN2O2. The lowest BCUT2D eigenvalue weighted by Crippen LogP contribution is -2.41. The number of amides is 1. The van der Waals surface area contributed by atoms with E-state index in [9.17, 15) is 4.79 Å². The molecule has 0 saturated carbocycles. The summed E-state index contributed by atoms with van der Waals surface area (Å²) in [4.78, 5) is 12.0. The summed E-state index contributed by atoms with van der Waals surface area (Å²) < 4.78 is 5.20. The highest BCUT2D eigenvalue weighted by Crippen LogP contribution is 2.25. The van der Waals surface area contributed by atoms with Crippen LogP contribution in [0.5, 0.6) is 0 Å². The Hall–Kier alpha value is -1.57. The lowest BCUT2D eigenvalue weighted by atomic mass is 10.0. The number of rotatable bonds is 4. The third-order valence-electron chi connectivity index (χ3n) is 2.95. The van der Waals surface area contributed by atoms with E-state index in [4.69, 9.17) is 21.6 Å². The van der Waals surface area contributed by atoms with Crippen LogP contribution in [0.1, 0.15) is 25.8 Å². The highest BCUT2D eigenvalue weighted by atomic mass is 35.5. The van der Waals surface area contributed by atoms with Gasteiger partial charge in [-0.25, -0.2) is 0 Å². The molecule has 0 aliphatic rings. The largest absolute Gasteiger partial charge is 0.369 e. The monoisotopic (exact) mass is 266 g/mol. The Morgan fingerprint density at radius 2 is 2.28 bits per heavy atom. The Labute approximate surface area is 112 Å². The van der Waals surface area contributed by atoms with Gasteiger partial charge in [0, 0.05) is 7.11 Å². The molecule has 96 valence electrons. The summed E-state index contributed by atoms with van der Waals surface area (Å²) in [5.41, 5.74) is 0.0254. The second-order valence-electron chi connectivity index (χ2n) is 4.05. The normalized spacial score (nSPS) is 13.5. The Kier molecular flexibility index (Phi) is 4.71. The number of benzene rings is 1. The molecule has 0 aliphatic heterocycles. The minimum atomic E-state index is -0.892. The van der Waals surface area contributed by atoms with E-state index in [0.29, 0.717) is 22.7 Å². The van der Waals surface area contributed by atoms with Crippen LogP contribution >= 0.6 is 11.6 Å². The number of hydrogen-bond acceptors (Lipinski definition) is 3. The second kappa shape index (κ2) is 5.85. The first-order valence-electron chi connectivity index (χ1n) is 5.53. The predicted molar refractivity (Wildman–Crippen MR) is 70.5 cm³/mol. The van der Waals surface area contributed by atoms with Gasteiger partial charge in [0.1, 0.15) is 5.60 Å². The van der Waals surface area contributed by atoms with Crippen LogP contribution in [0.15, 0.2) is 18.2 Å². The lowest BCUT2D eigenvalue weighted by molar-refractivity contribution is -0.136. The van der Waals surface area contributed by atoms with Crippen molar-refractivity contribution in [3.8, 4) is 6.07 Å². The summed E-state index contributed by atoms with van der Waals surface area (Å²) in [7, 11) is 1.49. The van der Waals surface area contributed by atoms with Crippen LogP contribution in [0.25, 0.3) is 0 Å². The standard InChI is InChI=1S/C13H15ClN2O2/c1-4-13(2,18-3)12(17)16-11-6-5-9(8-15)7-10(11)14/h5-7H,4H2,1-3H3,(H,16,17). The van der Waals surface area contributed by atoms with E-state index in [-0.39, 0.29) is 5.91 Å². The van der Waals surface area contributed by atoms with E-state index >= 15 is 0 Å². The van der Waals surface area contributed by atoms with Crippen LogP contribution in [0.4, 0.5) is 5.69 Å². The molecule has 4 nitrogen and oxygen atoms in total. The summed E-state index contributed by atoms with van der Waals surface area (Å²) in [6.45, 7) is 3.57. The molecule has 5 heteroatoms. The number of carbonyl (C=O) groups is 1. The van der Waals surface area contributed by atoms with Gasteiger partial charge in [0.25, 0.3) is 5.91 Å². The smallest absolute Gasteiger partial charge is 0.256 e. The van der Waals surface area contributed by atoms with Gasteiger partial charge in [-0.05, 0) is 31.5 Å². The molecule has 0 aromatic heterocycles. The van der Waals surface area contributed by atoms with E-state index in [1.807, 2.05) is 13.0 Å². The number of halogens is 1. The number of ether oxygens (including phenoxy) is 1. The first kappa shape index (κ1) is 14.5. The molecular weight excluding hydrogens is 252 g/mol. The van der Waals surface area contributed by atoms with Gasteiger partial charge in [-0.3, -0.25) is 4.79 Å². The summed E-state index contributed by atoms with van der Waals surface area (Å²) in [6, 6.07) is 6.68. The summed E-state index contributed by atoms with van der Waals surface area (Å²) in [5, 5.41) is 11.8. The number of methoxy groups -OCH3 is 1. The predicted octanol–water partition coefficient (Wildman–Crippen LogP) is 2.97. The molecule has 0 radical (unpaired) electrons. The maximum atomic E-state index is 12.0. The maximum absolute atomic E-state index is 12.0. The van der Waals surface area contributed by atoms with Crippen molar-refractivity contribution in [2.75, 3.05) is 12.4 Å². The highest BCUT2D eigenvalue weighted by Gasteiger charge is 2.31. The summed E-state index contributed by atoms with van der Waals surface area (Å²) in [6.07, 6.45) is 0.545. The minimum Gasteiger partial charge on any atom is -0.369 e. The summed E-state index contributed by atoms with van der Waals surface area (Å²) in [5.74, 6) is -0.265. The van der Waals surface area contributed by atoms with E-state index in [1.54, 1.807) is 19.1 Å². The molecule has 0 saturated heterocycles. The van der Waals surface area contributed by atoms with Crippen LogP contribution in [-0.4, -0.2) is 18.6 Å². The summed E-state index contributed by atoms with van der Waals surface area (Å²) >= 11 is 5.98. The van der Waals surface area contributed by atoms with E-state index in [0.717, 1.165) is 0 Å². The van der Waals surface area contributed by atoms with Gasteiger partial charge >= 0.3 is 0 Å². The number of nitrogens with one attached hydrogen (secondary N) is 1. The lowest BCUT2D eigenvalue weighted by Gasteiger charge is -2.25. The third kappa shape index (κ3) is 3.00. The Balaban J connectivity index is 2.92. The first-order valence-corrected chi connectivity index (χ1v) is 5.91. The van der Waals surface area contributed by atoms with Crippen molar-refractivity contribution in [1.29, 1.82) is 5.26 Å². The molecule has 18 heavy (non-hydrogen) atoms. The zero-order valence-corrected chi connectivity index (χ0v) is 11.3. The quantitative estimate of drug-likeness (QED) is 0.911. The van der Waals surface area contributed by atoms with Crippen molar-refractivity contribution in [2.24, 2.45) is 0 Å². The van der Waals surface area contributed by atoms with Crippen LogP contribution in [0, 0.1) is 11.3 Å². The molecule has 1 aromatic carbocycles. The molecule has 1 rings (SSSR count). The topological polar surface area (TPSA) is 62.1 Å². The fourth-order valence-corrected chi connectivity index (χ4v) is 1.57. The zero-order chi connectivity index (χ0) is 13.8. The molecule has 1 amide bonds. The molecule has 1 unspecified atom stereocenters. The SMILES string of the molecule is CCC(C)(OC)C(=O)Nc1ccc(C#N)cc1Cl. The van der Waals surface area contributed by atoms with E-state index in [1.165, 1.54) is 13.2 Å². The first-order chi connectivity index (χ1) is 8.46. The fraction of sp³-hybridized carbons (Fsp3) is 0.385. The van der Waals surface area contributed by atoms with Crippen LogP contribution in [0.3, 0.4) is 0 Å². The number of nitrogens with zero attached hydrogens (tertiary/aromatic N) is 1. The average Bonchev–Trinajstić information content (AvgIpc) is 2.39. The molecule has 0 aliphatic carbocycles. The molecule has 1 atom stereocenters. The van der Waals surface area contributed by atoms with Gasteiger partial charge < -0.3 is 10.1 Å². The van der Waals surface area contributed by atoms with Crippen molar-refractivity contribution in [2.45, 2.75) is 25.9 Å². The van der Waals surface area contributed by atoms with Gasteiger partial charge in [0.2, 0.25) is 0 Å². The third-order valence-corrected chi connectivity index (χ3v) is 3.26. The molecule has 1 aromatic rings. The molecule has 0 spiro atoms. The second-order valence-corrected chi connectivity index (χ2v) is 4.46.